The first kappa shape index (κ1) is 48.3. The summed E-state index contributed by atoms with van der Waals surface area (Å²) in [6.07, 6.45) is 0. The van der Waals surface area contributed by atoms with E-state index in [0.29, 0.717) is 12.1 Å². The van der Waals surface area contributed by atoms with Crippen LogP contribution in [0.4, 0.5) is 11.4 Å². The fourth-order valence-corrected chi connectivity index (χ4v) is 12.4. The lowest BCUT2D eigenvalue weighted by molar-refractivity contribution is 0.481. The monoisotopic (exact) mass is 1100 g/mol. The molecule has 0 amide bonds. The van der Waals surface area contributed by atoms with Crippen LogP contribution in [0.15, 0.2) is 149 Å². The van der Waals surface area contributed by atoms with Gasteiger partial charge in [0.05, 0.1) is 22.7 Å². The first-order chi connectivity index (χ1) is 33.4. The molecule has 0 aliphatic rings. The van der Waals surface area contributed by atoms with Gasteiger partial charge < -0.3 is 0 Å². The van der Waals surface area contributed by atoms with Gasteiger partial charge in [-0.3, -0.25) is 27.3 Å². The zero-order valence-corrected chi connectivity index (χ0v) is 39.9. The molecule has 10 aromatic rings. The molecule has 10 rings (SSSR count). The van der Waals surface area contributed by atoms with Gasteiger partial charge in [-0.25, -0.2) is 0 Å². The molecule has 0 aliphatic heterocycles. The normalized spacial score (nSPS) is 13.5. The largest absolute Gasteiger partial charge is 0.295 e. The van der Waals surface area contributed by atoms with Gasteiger partial charge in [0.2, 0.25) is 0 Å². The molecule has 8 aromatic carbocycles. The summed E-state index contributed by atoms with van der Waals surface area (Å²) >= 11 is 0. The van der Waals surface area contributed by atoms with E-state index in [4.69, 9.17) is 0 Å². The van der Waals surface area contributed by atoms with E-state index < -0.39 is 123 Å². The predicted molar refractivity (Wildman–Crippen MR) is 251 cm³/mol. The van der Waals surface area contributed by atoms with Crippen LogP contribution in [0.1, 0.15) is 0 Å². The standard InChI is InChI=1S/C40H24N8O18S6/c49-67(50,51)33-5-1-3-25-23(33)7-9-31-39(25)45-47(43-31)21-15-29-27(37(17-21)71(61,62)63)11-19(13-35(29)69(55,56)57)41-42-20-12-28-30(36(14-20)70(58,59)60)16-22(18-38(28)72(64,65)66)48-44-32-10-8-24-26(40(32)46-48)4-2-6-34(24)68(52,53)54/h1-18H,(H,49,50,51)(H,52,53,54)(H,55,56,57)(H,58,59,60)(H,61,62,63)(H,64,65,66). The lowest BCUT2D eigenvalue weighted by atomic mass is 10.1. The molecule has 0 aliphatic carbocycles. The number of nitrogens with zero attached hydrogens (tertiary/aromatic N) is 8. The molecule has 72 heavy (non-hydrogen) atoms. The Morgan fingerprint density at radius 3 is 0.972 bits per heavy atom. The van der Waals surface area contributed by atoms with Crippen LogP contribution >= 0.6 is 0 Å². The van der Waals surface area contributed by atoms with E-state index in [1.165, 1.54) is 48.5 Å². The lowest BCUT2D eigenvalue weighted by Crippen LogP contribution is -2.07. The van der Waals surface area contributed by atoms with Crippen LogP contribution in [-0.2, 0) is 60.7 Å². The molecule has 0 unspecified atom stereocenters. The number of hydrogen-bond acceptors (Lipinski definition) is 18. The fourth-order valence-electron chi connectivity index (χ4n) is 8.14. The lowest BCUT2D eigenvalue weighted by Gasteiger charge is -2.12. The summed E-state index contributed by atoms with van der Waals surface area (Å²) in [7, 11) is -30.8. The molecule has 26 nitrogen and oxygen atoms in total. The highest BCUT2D eigenvalue weighted by molar-refractivity contribution is 7.87. The summed E-state index contributed by atoms with van der Waals surface area (Å²) in [5.41, 5.74) is -1.57. The maximum atomic E-state index is 13.0. The molecule has 0 saturated carbocycles. The molecule has 0 fully saturated rings. The minimum absolute atomic E-state index is 0.0332. The van der Waals surface area contributed by atoms with Crippen molar-refractivity contribution in [2.45, 2.75) is 29.4 Å². The van der Waals surface area contributed by atoms with Crippen LogP contribution in [0, 0.1) is 0 Å². The van der Waals surface area contributed by atoms with Gasteiger partial charge in [-0.15, -0.1) is 20.4 Å². The summed E-state index contributed by atoms with van der Waals surface area (Å²) in [6, 6.07) is 19.9. The van der Waals surface area contributed by atoms with Crippen molar-refractivity contribution in [2.75, 3.05) is 0 Å². The summed E-state index contributed by atoms with van der Waals surface area (Å²) < 4.78 is 213. The molecule has 0 atom stereocenters. The summed E-state index contributed by atoms with van der Waals surface area (Å²) in [4.78, 5) is -3.37. The van der Waals surface area contributed by atoms with E-state index in [1.54, 1.807) is 0 Å². The highest BCUT2D eigenvalue weighted by atomic mass is 32.2. The van der Waals surface area contributed by atoms with Crippen LogP contribution in [0.2, 0.25) is 0 Å². The zero-order chi connectivity index (χ0) is 51.8. The minimum atomic E-state index is -5.36. The average molecular weight is 1100 g/mol. The van der Waals surface area contributed by atoms with E-state index >= 15 is 0 Å². The van der Waals surface area contributed by atoms with Gasteiger partial charge in [-0.05, 0) is 72.8 Å². The van der Waals surface area contributed by atoms with Crippen molar-refractivity contribution in [1.82, 2.24) is 30.0 Å². The Bertz CT molecular complexity index is 4560. The molecule has 0 bridgehead atoms. The van der Waals surface area contributed by atoms with Crippen molar-refractivity contribution in [2.24, 2.45) is 10.2 Å². The molecule has 2 aromatic heterocycles. The van der Waals surface area contributed by atoms with Gasteiger partial charge in [-0.1, -0.05) is 36.4 Å². The summed E-state index contributed by atoms with van der Waals surface area (Å²) in [6.45, 7) is 0. The third-order valence-electron chi connectivity index (χ3n) is 11.1. The number of rotatable bonds is 10. The molecule has 368 valence electrons. The molecule has 32 heteroatoms. The maximum absolute atomic E-state index is 13.0. The van der Waals surface area contributed by atoms with Crippen molar-refractivity contribution < 1.29 is 77.8 Å². The predicted octanol–water partition coefficient (Wildman–Crippen LogP) is 5.66. The Hall–Kier alpha value is -7.34. The van der Waals surface area contributed by atoms with Gasteiger partial charge in [0.15, 0.2) is 0 Å². The number of azo groups is 1. The quantitative estimate of drug-likeness (QED) is 0.0710. The minimum Gasteiger partial charge on any atom is -0.282 e. The average Bonchev–Trinajstić information content (AvgIpc) is 3.93. The molecule has 0 radical (unpaired) electrons. The first-order valence-electron chi connectivity index (χ1n) is 19.5. The molecule has 2 heterocycles. The Kier molecular flexibility index (Phi) is 10.8. The van der Waals surface area contributed by atoms with E-state index in [1.807, 2.05) is 0 Å². The second kappa shape index (κ2) is 16.1. The van der Waals surface area contributed by atoms with Gasteiger partial charge >= 0.3 is 0 Å². The van der Waals surface area contributed by atoms with E-state index in [-0.39, 0.29) is 55.0 Å². The summed E-state index contributed by atoms with van der Waals surface area (Å²) in [5, 5.41) is 23.0. The van der Waals surface area contributed by atoms with Crippen LogP contribution < -0.4 is 0 Å². The second-order valence-electron chi connectivity index (χ2n) is 15.6. The highest BCUT2D eigenvalue weighted by Gasteiger charge is 2.27. The Balaban J connectivity index is 1.12. The maximum Gasteiger partial charge on any atom is 0.295 e. The van der Waals surface area contributed by atoms with E-state index in [9.17, 15) is 77.8 Å². The third kappa shape index (κ3) is 8.47. The Morgan fingerprint density at radius 1 is 0.319 bits per heavy atom. The molecular formula is C40H24N8O18S6. The number of benzene rings is 8. The number of aromatic nitrogens is 6. The zero-order valence-electron chi connectivity index (χ0n) is 35.0. The SMILES string of the molecule is O=S(=O)(O)c1cc(-n2nc3ccc4c(S(=O)(=O)O)cccc4c3n2)cc2c(S(=O)(=O)O)cc(N=Nc3cc(S(=O)(=O)O)c4cc(-n5nc6ccc7c(S(=O)(=O)O)cccc7c6n5)cc(S(=O)(=O)O)c4c3)cc12. The van der Waals surface area contributed by atoms with Crippen LogP contribution in [0.25, 0.3) is 76.5 Å². The van der Waals surface area contributed by atoms with Crippen molar-refractivity contribution in [3.05, 3.63) is 109 Å². The Labute approximate surface area is 403 Å². The topological polar surface area (TPSA) is 412 Å². The van der Waals surface area contributed by atoms with E-state index in [0.717, 1.165) is 58.1 Å². The molecule has 0 spiro atoms. The number of fused-ring (bicyclic) bond motifs is 8. The molecule has 0 saturated heterocycles. The van der Waals surface area contributed by atoms with Crippen molar-refractivity contribution in [3.8, 4) is 11.4 Å². The van der Waals surface area contributed by atoms with Gasteiger partial charge in [0, 0.05) is 43.1 Å². The van der Waals surface area contributed by atoms with Crippen LogP contribution in [-0.4, -0.2) is 108 Å². The molecular weight excluding hydrogens is 1070 g/mol. The summed E-state index contributed by atoms with van der Waals surface area (Å²) in [5.74, 6) is 0. The first-order valence-corrected chi connectivity index (χ1v) is 28.2. The fraction of sp³-hybridized carbons (Fsp3) is 0. The number of hydrogen-bond donors (Lipinski definition) is 6. The molecule has 6 N–H and O–H groups in total. The van der Waals surface area contributed by atoms with Crippen molar-refractivity contribution in [1.29, 1.82) is 0 Å². The van der Waals surface area contributed by atoms with Gasteiger partial charge in [0.1, 0.15) is 51.4 Å². The van der Waals surface area contributed by atoms with E-state index in [2.05, 4.69) is 30.6 Å². The highest BCUT2D eigenvalue weighted by Crippen LogP contribution is 2.39. The van der Waals surface area contributed by atoms with Gasteiger partial charge in [-0.2, -0.15) is 70.3 Å². The second-order valence-corrected chi connectivity index (χ2v) is 23.9. The third-order valence-corrected chi connectivity index (χ3v) is 16.5. The smallest absolute Gasteiger partial charge is 0.282 e. The van der Waals surface area contributed by atoms with Gasteiger partial charge in [0.25, 0.3) is 60.7 Å². The van der Waals surface area contributed by atoms with Crippen LogP contribution in [0.3, 0.4) is 0 Å². The Morgan fingerprint density at radius 2 is 0.639 bits per heavy atom. The van der Waals surface area contributed by atoms with Crippen LogP contribution in [0.5, 0.6) is 0 Å². The van der Waals surface area contributed by atoms with Crippen molar-refractivity contribution >= 4 is 137 Å². The van der Waals surface area contributed by atoms with Crippen molar-refractivity contribution in [3.63, 3.8) is 0 Å².